The Morgan fingerprint density at radius 3 is 1.57 bits per heavy atom. The number of aliphatic hydroxyl groups is 2. The van der Waals surface area contributed by atoms with E-state index in [0.717, 1.165) is 64.2 Å². The van der Waals surface area contributed by atoms with Crippen molar-refractivity contribution in [3.8, 4) is 0 Å². The zero-order valence-corrected chi connectivity index (χ0v) is 36.2. The third-order valence-electron chi connectivity index (χ3n) is 9.87. The summed E-state index contributed by atoms with van der Waals surface area (Å²) in [6.07, 6.45) is 55.0. The van der Waals surface area contributed by atoms with Gasteiger partial charge in [0.05, 0.1) is 25.2 Å². The van der Waals surface area contributed by atoms with E-state index in [1.807, 2.05) is 60.8 Å². The van der Waals surface area contributed by atoms with Crippen molar-refractivity contribution in [2.45, 2.75) is 212 Å². The van der Waals surface area contributed by atoms with Gasteiger partial charge in [0.15, 0.2) is 0 Å². The molecule has 56 heavy (non-hydrogen) atoms. The van der Waals surface area contributed by atoms with Gasteiger partial charge in [-0.15, -0.1) is 0 Å². The van der Waals surface area contributed by atoms with Crippen LogP contribution in [0.1, 0.15) is 194 Å². The van der Waals surface area contributed by atoms with Crippen molar-refractivity contribution in [3.63, 3.8) is 0 Å². The van der Waals surface area contributed by atoms with E-state index in [-0.39, 0.29) is 24.9 Å². The molecule has 0 aromatic heterocycles. The summed E-state index contributed by atoms with van der Waals surface area (Å²) in [7, 11) is 0. The lowest BCUT2D eigenvalue weighted by molar-refractivity contribution is -0.151. The van der Waals surface area contributed by atoms with Crippen molar-refractivity contribution in [1.29, 1.82) is 0 Å². The van der Waals surface area contributed by atoms with Gasteiger partial charge in [0.1, 0.15) is 6.10 Å². The predicted molar refractivity (Wildman–Crippen MR) is 241 cm³/mol. The highest BCUT2D eigenvalue weighted by Gasteiger charge is 2.24. The number of carbonyl (C=O) groups is 2. The highest BCUT2D eigenvalue weighted by molar-refractivity contribution is 5.77. The molecule has 0 aliphatic carbocycles. The summed E-state index contributed by atoms with van der Waals surface area (Å²) in [6.45, 7) is 6.25. The van der Waals surface area contributed by atoms with E-state index in [1.165, 1.54) is 83.5 Å². The molecule has 320 valence electrons. The maximum atomic E-state index is 13.1. The molecule has 0 heterocycles. The van der Waals surface area contributed by atoms with Gasteiger partial charge in [0, 0.05) is 6.42 Å². The van der Waals surface area contributed by atoms with Gasteiger partial charge in [-0.05, 0) is 64.2 Å². The van der Waals surface area contributed by atoms with Crippen molar-refractivity contribution >= 4 is 11.9 Å². The van der Waals surface area contributed by atoms with Crippen LogP contribution >= 0.6 is 0 Å². The summed E-state index contributed by atoms with van der Waals surface area (Å²) in [5, 5.41) is 23.6. The number of carbonyl (C=O) groups excluding carboxylic acids is 2. The topological polar surface area (TPSA) is 95.9 Å². The van der Waals surface area contributed by atoms with Crippen LogP contribution in [-0.2, 0) is 14.3 Å². The minimum Gasteiger partial charge on any atom is -0.462 e. The number of ether oxygens (including phenoxy) is 1. The Morgan fingerprint density at radius 1 is 0.536 bits per heavy atom. The first kappa shape index (κ1) is 53.0. The monoisotopic (exact) mass is 780 g/mol. The fourth-order valence-corrected chi connectivity index (χ4v) is 6.40. The van der Waals surface area contributed by atoms with Gasteiger partial charge in [-0.3, -0.25) is 9.59 Å². The maximum Gasteiger partial charge on any atom is 0.306 e. The van der Waals surface area contributed by atoms with Gasteiger partial charge in [0.2, 0.25) is 5.91 Å². The molecule has 0 rings (SSSR count). The summed E-state index contributed by atoms with van der Waals surface area (Å²) in [4.78, 5) is 26.0. The summed E-state index contributed by atoms with van der Waals surface area (Å²) in [5.41, 5.74) is 0. The lowest BCUT2D eigenvalue weighted by Gasteiger charge is -2.24. The lowest BCUT2D eigenvalue weighted by atomic mass is 10.0. The van der Waals surface area contributed by atoms with E-state index in [4.69, 9.17) is 4.74 Å². The van der Waals surface area contributed by atoms with Crippen molar-refractivity contribution in [1.82, 2.24) is 5.32 Å². The van der Waals surface area contributed by atoms with E-state index in [0.29, 0.717) is 19.3 Å². The number of rotatable bonds is 39. The lowest BCUT2D eigenvalue weighted by Crippen LogP contribution is -2.46. The van der Waals surface area contributed by atoms with Crippen LogP contribution in [0.4, 0.5) is 0 Å². The van der Waals surface area contributed by atoms with Crippen LogP contribution < -0.4 is 5.32 Å². The molecule has 6 nitrogen and oxygen atoms in total. The Bertz CT molecular complexity index is 1100. The molecule has 0 radical (unpaired) electrons. The molecular weight excluding hydrogens is 695 g/mol. The van der Waals surface area contributed by atoms with Crippen LogP contribution in [0.25, 0.3) is 0 Å². The third kappa shape index (κ3) is 37.9. The number of allylic oxidation sites excluding steroid dienone is 14. The molecule has 3 unspecified atom stereocenters. The van der Waals surface area contributed by atoms with Crippen LogP contribution in [0, 0.1) is 0 Å². The normalized spacial score (nSPS) is 14.2. The largest absolute Gasteiger partial charge is 0.462 e. The van der Waals surface area contributed by atoms with Gasteiger partial charge in [-0.1, -0.05) is 202 Å². The van der Waals surface area contributed by atoms with Crippen LogP contribution in [-0.4, -0.2) is 46.9 Å². The smallest absolute Gasteiger partial charge is 0.306 e. The molecule has 0 aliphatic rings. The fourth-order valence-electron chi connectivity index (χ4n) is 6.40. The molecule has 0 aromatic rings. The number of unbranched alkanes of at least 4 members (excludes halogenated alkanes) is 18. The molecule has 0 saturated carbocycles. The molecule has 0 spiro atoms. The molecule has 3 atom stereocenters. The Balaban J connectivity index is 4.81. The molecule has 1 amide bonds. The number of esters is 1. The minimum absolute atomic E-state index is 0.0190. The highest BCUT2D eigenvalue weighted by Crippen LogP contribution is 2.16. The molecule has 0 aromatic carbocycles. The van der Waals surface area contributed by atoms with Crippen molar-refractivity contribution in [3.05, 3.63) is 85.1 Å². The molecule has 0 bridgehead atoms. The second-order valence-electron chi connectivity index (χ2n) is 15.2. The fraction of sp³-hybridized carbons (Fsp3) is 0.680. The maximum absolute atomic E-state index is 13.1. The average molecular weight is 780 g/mol. The minimum atomic E-state index is -0.810. The van der Waals surface area contributed by atoms with Gasteiger partial charge in [0.25, 0.3) is 0 Å². The predicted octanol–water partition coefficient (Wildman–Crippen LogP) is 13.2. The van der Waals surface area contributed by atoms with Gasteiger partial charge >= 0.3 is 5.97 Å². The second-order valence-corrected chi connectivity index (χ2v) is 15.2. The molecule has 0 fully saturated rings. The zero-order valence-electron chi connectivity index (χ0n) is 36.2. The summed E-state index contributed by atoms with van der Waals surface area (Å²) >= 11 is 0. The summed E-state index contributed by atoms with van der Waals surface area (Å²) < 4.78 is 5.86. The first-order valence-corrected chi connectivity index (χ1v) is 22.9. The number of nitrogens with one attached hydrogen (secondary N) is 1. The summed E-state index contributed by atoms with van der Waals surface area (Å²) in [6, 6.07) is -0.729. The van der Waals surface area contributed by atoms with Gasteiger partial charge in [-0.2, -0.15) is 0 Å². The van der Waals surface area contributed by atoms with Gasteiger partial charge < -0.3 is 20.3 Å². The standard InChI is InChI=1S/C50H85NO5/c1-4-7-10-13-16-19-22-24-25-26-27-29-32-35-38-41-46(56-50(55)43-40-37-34-31-28-23-20-17-14-11-8-5-2)44-49(54)51-47(45-52)48(53)42-39-36-33-30-21-18-15-12-9-6-3/h7,10,13,16-17,19-20,22,24-27,29,32,46-48,52-53H,4-6,8-9,11-12,14-15,18,21,23,28,30-31,33-45H2,1-3H3,(H,51,54)/b10-7-,16-13+,20-17-,22-19+,25-24-,27-26+,32-29+. The first-order valence-electron chi connectivity index (χ1n) is 22.9. The second kappa shape index (κ2) is 43.2. The van der Waals surface area contributed by atoms with E-state index >= 15 is 0 Å². The van der Waals surface area contributed by atoms with E-state index in [2.05, 4.69) is 50.4 Å². The number of aliphatic hydroxyl groups excluding tert-OH is 2. The third-order valence-corrected chi connectivity index (χ3v) is 9.87. The number of hydrogen-bond acceptors (Lipinski definition) is 5. The number of hydrogen-bond donors (Lipinski definition) is 3. The van der Waals surface area contributed by atoms with Crippen LogP contribution in [0.3, 0.4) is 0 Å². The highest BCUT2D eigenvalue weighted by atomic mass is 16.5. The molecular formula is C50H85NO5. The Labute approximate surface area is 344 Å². The quantitative estimate of drug-likeness (QED) is 0.0250. The molecule has 0 aliphatic heterocycles. The van der Waals surface area contributed by atoms with E-state index < -0.39 is 18.2 Å². The van der Waals surface area contributed by atoms with Crippen LogP contribution in [0.5, 0.6) is 0 Å². The Kier molecular flexibility index (Phi) is 40.9. The Morgan fingerprint density at radius 2 is 1.00 bits per heavy atom. The van der Waals surface area contributed by atoms with Crippen LogP contribution in [0.15, 0.2) is 85.1 Å². The summed E-state index contributed by atoms with van der Waals surface area (Å²) in [5.74, 6) is -0.569. The zero-order chi connectivity index (χ0) is 41.0. The van der Waals surface area contributed by atoms with Crippen molar-refractivity contribution in [2.24, 2.45) is 0 Å². The molecule has 6 heteroatoms. The van der Waals surface area contributed by atoms with E-state index in [1.54, 1.807) is 0 Å². The van der Waals surface area contributed by atoms with Crippen molar-refractivity contribution < 1.29 is 24.5 Å². The molecule has 3 N–H and O–H groups in total. The Hall–Kier alpha value is -2.96. The number of amides is 1. The average Bonchev–Trinajstić information content (AvgIpc) is 3.19. The SMILES string of the molecule is CC\C=C/C=C/C=C/C=C\C=C\C=C\CCCC(CC(=O)NC(CO)C(O)CCCCCCCCCCCC)OC(=O)CCCCCCC/C=C\CCCCC. The first-order chi connectivity index (χ1) is 27.5. The molecule has 0 saturated heterocycles. The van der Waals surface area contributed by atoms with E-state index in [9.17, 15) is 19.8 Å². The van der Waals surface area contributed by atoms with Gasteiger partial charge in [-0.25, -0.2) is 0 Å². The van der Waals surface area contributed by atoms with Crippen molar-refractivity contribution in [2.75, 3.05) is 6.61 Å². The van der Waals surface area contributed by atoms with Crippen LogP contribution in [0.2, 0.25) is 0 Å².